The predicted molar refractivity (Wildman–Crippen MR) is 113 cm³/mol. The highest BCUT2D eigenvalue weighted by Gasteiger charge is 2.33. The molecule has 3 aromatic rings. The SMILES string of the molecule is Cc1c(C(=O)Oc2ccc(N(C)C(=O)NC(C)C)cc2)sc2nc(C(F)(F)F)ccc12. The number of hydrogen-bond donors (Lipinski definition) is 1. The Balaban J connectivity index is 1.77. The quantitative estimate of drug-likeness (QED) is 0.426. The summed E-state index contributed by atoms with van der Waals surface area (Å²) in [7, 11) is 1.61. The van der Waals surface area contributed by atoms with Crippen LogP contribution in [0.1, 0.15) is 34.8 Å². The maximum absolute atomic E-state index is 12.9. The first-order chi connectivity index (χ1) is 14.5. The van der Waals surface area contributed by atoms with E-state index in [4.69, 9.17) is 4.74 Å². The van der Waals surface area contributed by atoms with Gasteiger partial charge in [-0.05, 0) is 62.7 Å². The van der Waals surface area contributed by atoms with Crippen molar-refractivity contribution in [3.8, 4) is 5.75 Å². The van der Waals surface area contributed by atoms with Crippen molar-refractivity contribution in [1.82, 2.24) is 10.3 Å². The molecule has 10 heteroatoms. The first-order valence-corrected chi connectivity index (χ1v) is 10.1. The van der Waals surface area contributed by atoms with Crippen LogP contribution >= 0.6 is 11.3 Å². The number of nitrogens with zero attached hydrogens (tertiary/aromatic N) is 2. The van der Waals surface area contributed by atoms with E-state index in [1.54, 1.807) is 26.1 Å². The number of carbonyl (C=O) groups excluding carboxylic acids is 2. The van der Waals surface area contributed by atoms with E-state index >= 15 is 0 Å². The first kappa shape index (κ1) is 22.5. The van der Waals surface area contributed by atoms with E-state index in [1.807, 2.05) is 13.8 Å². The Morgan fingerprint density at radius 1 is 1.13 bits per heavy atom. The summed E-state index contributed by atoms with van der Waals surface area (Å²) in [6.07, 6.45) is -4.56. The van der Waals surface area contributed by atoms with Crippen LogP contribution in [-0.4, -0.2) is 30.1 Å². The number of esters is 1. The van der Waals surface area contributed by atoms with Crippen LogP contribution in [0.5, 0.6) is 5.75 Å². The number of fused-ring (bicyclic) bond motifs is 1. The smallest absolute Gasteiger partial charge is 0.422 e. The number of pyridine rings is 1. The lowest BCUT2D eigenvalue weighted by Gasteiger charge is -2.20. The number of thiophene rings is 1. The van der Waals surface area contributed by atoms with Crippen molar-refractivity contribution < 1.29 is 27.5 Å². The fourth-order valence-corrected chi connectivity index (χ4v) is 3.86. The Hall–Kier alpha value is -3.14. The summed E-state index contributed by atoms with van der Waals surface area (Å²) in [5, 5.41) is 3.24. The summed E-state index contributed by atoms with van der Waals surface area (Å²) >= 11 is 0.852. The molecule has 0 saturated carbocycles. The number of aryl methyl sites for hydroxylation is 1. The van der Waals surface area contributed by atoms with Crippen LogP contribution in [0.4, 0.5) is 23.7 Å². The average molecular weight is 451 g/mol. The van der Waals surface area contributed by atoms with Crippen LogP contribution in [0.25, 0.3) is 10.2 Å². The van der Waals surface area contributed by atoms with Crippen LogP contribution in [0.2, 0.25) is 0 Å². The molecule has 164 valence electrons. The number of amides is 2. The van der Waals surface area contributed by atoms with Gasteiger partial charge in [-0.15, -0.1) is 11.3 Å². The number of carbonyl (C=O) groups is 2. The molecule has 0 aliphatic carbocycles. The van der Waals surface area contributed by atoms with E-state index in [1.165, 1.54) is 23.1 Å². The molecule has 3 rings (SSSR count). The Kier molecular flexibility index (Phi) is 6.21. The van der Waals surface area contributed by atoms with Gasteiger partial charge < -0.3 is 10.1 Å². The number of alkyl halides is 3. The van der Waals surface area contributed by atoms with Gasteiger partial charge >= 0.3 is 18.2 Å². The number of halogens is 3. The third-order valence-electron chi connectivity index (χ3n) is 4.43. The minimum absolute atomic E-state index is 0.0126. The average Bonchev–Trinajstić information content (AvgIpc) is 3.03. The molecule has 2 heterocycles. The summed E-state index contributed by atoms with van der Waals surface area (Å²) in [6, 6.07) is 8.23. The molecule has 0 unspecified atom stereocenters. The topological polar surface area (TPSA) is 71.5 Å². The molecule has 0 atom stereocenters. The number of anilines is 1. The van der Waals surface area contributed by atoms with Gasteiger partial charge in [0.1, 0.15) is 21.2 Å². The molecular formula is C21H20F3N3O3S. The number of urea groups is 1. The zero-order valence-electron chi connectivity index (χ0n) is 17.2. The van der Waals surface area contributed by atoms with Crippen molar-refractivity contribution in [2.24, 2.45) is 0 Å². The normalized spacial score (nSPS) is 11.6. The predicted octanol–water partition coefficient (Wildman–Crippen LogP) is 5.40. The van der Waals surface area contributed by atoms with Gasteiger partial charge in [0, 0.05) is 24.2 Å². The van der Waals surface area contributed by atoms with Crippen LogP contribution in [0, 0.1) is 6.92 Å². The van der Waals surface area contributed by atoms with Gasteiger partial charge in [-0.1, -0.05) is 0 Å². The second-order valence-corrected chi connectivity index (χ2v) is 8.15. The van der Waals surface area contributed by atoms with Crippen molar-refractivity contribution in [3.63, 3.8) is 0 Å². The van der Waals surface area contributed by atoms with Crippen LogP contribution in [-0.2, 0) is 6.18 Å². The second kappa shape index (κ2) is 8.54. The fourth-order valence-electron chi connectivity index (χ4n) is 2.80. The molecule has 0 aliphatic rings. The summed E-state index contributed by atoms with van der Waals surface area (Å²) < 4.78 is 44.0. The van der Waals surface area contributed by atoms with E-state index in [0.717, 1.165) is 17.4 Å². The lowest BCUT2D eigenvalue weighted by Crippen LogP contribution is -2.40. The van der Waals surface area contributed by atoms with Gasteiger partial charge in [0.2, 0.25) is 0 Å². The summed E-state index contributed by atoms with van der Waals surface area (Å²) in [5.41, 5.74) is 0.0928. The van der Waals surface area contributed by atoms with Crippen LogP contribution in [0.3, 0.4) is 0 Å². The Morgan fingerprint density at radius 3 is 2.35 bits per heavy atom. The molecule has 0 bridgehead atoms. The molecule has 0 radical (unpaired) electrons. The zero-order valence-corrected chi connectivity index (χ0v) is 18.0. The molecule has 0 aliphatic heterocycles. The maximum Gasteiger partial charge on any atom is 0.433 e. The monoisotopic (exact) mass is 451 g/mol. The molecule has 1 aromatic carbocycles. The molecule has 0 fully saturated rings. The molecule has 2 amide bonds. The lowest BCUT2D eigenvalue weighted by atomic mass is 10.2. The lowest BCUT2D eigenvalue weighted by molar-refractivity contribution is -0.140. The number of aromatic nitrogens is 1. The van der Waals surface area contributed by atoms with E-state index < -0.39 is 17.8 Å². The van der Waals surface area contributed by atoms with Crippen molar-refractivity contribution in [2.75, 3.05) is 11.9 Å². The number of nitrogens with one attached hydrogen (secondary N) is 1. The molecule has 0 spiro atoms. The Bertz CT molecular complexity index is 1120. The van der Waals surface area contributed by atoms with E-state index in [2.05, 4.69) is 10.3 Å². The van der Waals surface area contributed by atoms with E-state index in [-0.39, 0.29) is 27.5 Å². The maximum atomic E-state index is 12.9. The highest BCUT2D eigenvalue weighted by molar-refractivity contribution is 7.20. The van der Waals surface area contributed by atoms with Gasteiger partial charge in [0.05, 0.1) is 0 Å². The van der Waals surface area contributed by atoms with Gasteiger partial charge in [-0.25, -0.2) is 14.6 Å². The molecule has 1 N–H and O–H groups in total. The van der Waals surface area contributed by atoms with Crippen molar-refractivity contribution in [3.05, 3.63) is 52.5 Å². The molecular weight excluding hydrogens is 431 g/mol. The standard InChI is InChI=1S/C21H20F3N3O3S/c1-11(2)25-20(29)27(4)13-5-7-14(8-6-13)30-19(28)17-12(3)15-9-10-16(21(22,23)24)26-18(15)31-17/h5-11H,1-4H3,(H,25,29). The van der Waals surface area contributed by atoms with Crippen LogP contribution in [0.15, 0.2) is 36.4 Å². The van der Waals surface area contributed by atoms with Gasteiger partial charge in [-0.3, -0.25) is 4.90 Å². The third-order valence-corrected chi connectivity index (χ3v) is 5.61. The molecule has 2 aromatic heterocycles. The number of hydrogen-bond acceptors (Lipinski definition) is 5. The number of ether oxygens (including phenoxy) is 1. The molecule has 31 heavy (non-hydrogen) atoms. The highest BCUT2D eigenvalue weighted by atomic mass is 32.1. The van der Waals surface area contributed by atoms with Gasteiger partial charge in [0.15, 0.2) is 0 Å². The zero-order chi connectivity index (χ0) is 22.9. The van der Waals surface area contributed by atoms with Crippen molar-refractivity contribution in [2.45, 2.75) is 33.0 Å². The summed E-state index contributed by atoms with van der Waals surface area (Å²) in [5.74, 6) is -0.445. The summed E-state index contributed by atoms with van der Waals surface area (Å²) in [4.78, 5) is 30.0. The minimum atomic E-state index is -4.56. The largest absolute Gasteiger partial charge is 0.433 e. The van der Waals surface area contributed by atoms with Crippen molar-refractivity contribution >= 4 is 39.2 Å². The van der Waals surface area contributed by atoms with Crippen molar-refractivity contribution in [1.29, 1.82) is 0 Å². The fraction of sp³-hybridized carbons (Fsp3) is 0.286. The first-order valence-electron chi connectivity index (χ1n) is 9.31. The van der Waals surface area contributed by atoms with E-state index in [0.29, 0.717) is 16.6 Å². The Morgan fingerprint density at radius 2 is 1.77 bits per heavy atom. The highest BCUT2D eigenvalue weighted by Crippen LogP contribution is 2.34. The van der Waals surface area contributed by atoms with Gasteiger partial charge in [0.25, 0.3) is 0 Å². The Labute approximate surface area is 180 Å². The number of rotatable bonds is 4. The second-order valence-electron chi connectivity index (χ2n) is 7.15. The third kappa shape index (κ3) is 4.96. The molecule has 0 saturated heterocycles. The molecule has 6 nitrogen and oxygen atoms in total. The van der Waals surface area contributed by atoms with Gasteiger partial charge in [-0.2, -0.15) is 13.2 Å². The van der Waals surface area contributed by atoms with E-state index in [9.17, 15) is 22.8 Å². The minimum Gasteiger partial charge on any atom is -0.422 e. The summed E-state index contributed by atoms with van der Waals surface area (Å²) in [6.45, 7) is 5.34. The number of benzene rings is 1. The van der Waals surface area contributed by atoms with Crippen LogP contribution < -0.4 is 15.0 Å².